The Labute approximate surface area is 219 Å². The highest BCUT2D eigenvalue weighted by atomic mass is 35.5. The number of carbonyl (C=O) groups is 1. The maximum atomic E-state index is 12.9. The van der Waals surface area contributed by atoms with Crippen molar-refractivity contribution in [3.05, 3.63) is 75.4 Å². The number of rotatable bonds is 8. The summed E-state index contributed by atoms with van der Waals surface area (Å²) in [5.74, 6) is 1.61. The number of ether oxygens (including phenoxy) is 1. The van der Waals surface area contributed by atoms with Crippen molar-refractivity contribution in [2.45, 2.75) is 47.2 Å². The second-order valence-corrected chi connectivity index (χ2v) is 9.78. The molecule has 0 bridgehead atoms. The lowest BCUT2D eigenvalue weighted by atomic mass is 9.97. The lowest BCUT2D eigenvalue weighted by molar-refractivity contribution is 0.102. The molecule has 1 aliphatic heterocycles. The minimum atomic E-state index is -0.144. The van der Waals surface area contributed by atoms with E-state index in [1.807, 2.05) is 48.0 Å². The van der Waals surface area contributed by atoms with E-state index in [2.05, 4.69) is 42.2 Å². The molecule has 1 amide bonds. The van der Waals surface area contributed by atoms with Crippen molar-refractivity contribution in [1.82, 2.24) is 14.7 Å². The van der Waals surface area contributed by atoms with Crippen molar-refractivity contribution >= 4 is 35.7 Å². The minimum Gasteiger partial charge on any atom is -0.493 e. The van der Waals surface area contributed by atoms with Crippen LogP contribution >= 0.6 is 24.0 Å². The summed E-state index contributed by atoms with van der Waals surface area (Å²) in [4.78, 5) is 15.4. The van der Waals surface area contributed by atoms with Crippen molar-refractivity contribution in [2.24, 2.45) is 5.92 Å². The number of amides is 1. The predicted octanol–water partition coefficient (Wildman–Crippen LogP) is 5.98. The molecule has 1 aliphatic rings. The number of halogens is 2. The van der Waals surface area contributed by atoms with Gasteiger partial charge in [-0.2, -0.15) is 5.10 Å². The van der Waals surface area contributed by atoms with Crippen LogP contribution in [0.1, 0.15) is 53.5 Å². The first kappa shape index (κ1) is 27.1. The Morgan fingerprint density at radius 1 is 1.17 bits per heavy atom. The Morgan fingerprint density at radius 2 is 1.97 bits per heavy atom. The van der Waals surface area contributed by atoms with E-state index >= 15 is 0 Å². The van der Waals surface area contributed by atoms with Gasteiger partial charge in [0.2, 0.25) is 0 Å². The highest BCUT2D eigenvalue weighted by Gasteiger charge is 2.18. The number of benzene rings is 2. The molecule has 1 N–H and O–H groups in total. The number of nitrogens with zero attached hydrogens (tertiary/aromatic N) is 3. The number of likely N-dealkylation sites (N-methyl/N-ethyl adjacent to an activating group) is 1. The second kappa shape index (κ2) is 11.9. The fraction of sp³-hybridized carbons (Fsp3) is 0.407. The largest absolute Gasteiger partial charge is 0.493 e. The normalized spacial score (nSPS) is 13.3. The number of nitrogens with one attached hydrogen (secondary N) is 1. The lowest BCUT2D eigenvalue weighted by Crippen LogP contribution is -2.30. The Kier molecular flexibility index (Phi) is 9.22. The molecular formula is C27H34Cl2N4O2. The smallest absolute Gasteiger partial charge is 0.256 e. The standard InChI is InChI=1S/C27H33ClN4O2.ClH/c1-5-31-11-10-20-13-21(6-7-22(20)15-31)27(33)29-26-12-19(4)32(30-26)16-23-14-24(28)8-9-25(23)34-17-18(2)3;/h6-9,12-14,18H,5,10-11,15-17H2,1-4H3,(H,29,30,33);1H. The van der Waals surface area contributed by atoms with Gasteiger partial charge in [0.25, 0.3) is 5.91 Å². The van der Waals surface area contributed by atoms with E-state index in [-0.39, 0.29) is 18.3 Å². The first-order chi connectivity index (χ1) is 16.3. The minimum absolute atomic E-state index is 0. The molecule has 0 aliphatic carbocycles. The fourth-order valence-electron chi connectivity index (χ4n) is 4.17. The molecule has 0 fully saturated rings. The first-order valence-corrected chi connectivity index (χ1v) is 12.3. The van der Waals surface area contributed by atoms with Gasteiger partial charge in [0.15, 0.2) is 5.82 Å². The number of fused-ring (bicyclic) bond motifs is 1. The third kappa shape index (κ3) is 6.78. The van der Waals surface area contributed by atoms with Crippen molar-refractivity contribution in [1.29, 1.82) is 0 Å². The predicted molar refractivity (Wildman–Crippen MR) is 144 cm³/mol. The number of aryl methyl sites for hydroxylation is 1. The van der Waals surface area contributed by atoms with Crippen LogP contribution in [-0.4, -0.2) is 40.3 Å². The summed E-state index contributed by atoms with van der Waals surface area (Å²) in [6.07, 6.45) is 0.971. The third-order valence-electron chi connectivity index (χ3n) is 6.14. The van der Waals surface area contributed by atoms with Crippen LogP contribution in [0.15, 0.2) is 42.5 Å². The van der Waals surface area contributed by atoms with Gasteiger partial charge in [-0.05, 0) is 67.3 Å². The van der Waals surface area contributed by atoms with E-state index in [4.69, 9.17) is 16.3 Å². The molecule has 4 rings (SSSR count). The number of hydrogen-bond donors (Lipinski definition) is 1. The van der Waals surface area contributed by atoms with Gasteiger partial charge in [-0.25, -0.2) is 0 Å². The fourth-order valence-corrected chi connectivity index (χ4v) is 4.37. The molecule has 0 radical (unpaired) electrons. The summed E-state index contributed by atoms with van der Waals surface area (Å²) in [6, 6.07) is 13.5. The molecule has 2 heterocycles. The summed E-state index contributed by atoms with van der Waals surface area (Å²) >= 11 is 6.25. The monoisotopic (exact) mass is 516 g/mol. The topological polar surface area (TPSA) is 59.4 Å². The quantitative estimate of drug-likeness (QED) is 0.400. The van der Waals surface area contributed by atoms with Crippen LogP contribution in [-0.2, 0) is 19.5 Å². The van der Waals surface area contributed by atoms with Crippen LogP contribution in [0, 0.1) is 12.8 Å². The highest BCUT2D eigenvalue weighted by molar-refractivity contribution is 6.30. The first-order valence-electron chi connectivity index (χ1n) is 11.9. The second-order valence-electron chi connectivity index (χ2n) is 9.34. The molecule has 1 aromatic heterocycles. The Bertz CT molecular complexity index is 1180. The molecule has 0 unspecified atom stereocenters. The summed E-state index contributed by atoms with van der Waals surface area (Å²) in [7, 11) is 0. The van der Waals surface area contributed by atoms with Gasteiger partial charge in [0.1, 0.15) is 5.75 Å². The molecule has 0 saturated carbocycles. The van der Waals surface area contributed by atoms with Crippen LogP contribution in [0.4, 0.5) is 5.82 Å². The molecule has 3 aromatic rings. The van der Waals surface area contributed by atoms with Gasteiger partial charge in [-0.3, -0.25) is 14.4 Å². The van der Waals surface area contributed by atoms with Gasteiger partial charge >= 0.3 is 0 Å². The molecule has 35 heavy (non-hydrogen) atoms. The van der Waals surface area contributed by atoms with E-state index in [9.17, 15) is 4.79 Å². The Balaban J connectivity index is 0.00000342. The molecule has 0 saturated heterocycles. The van der Waals surface area contributed by atoms with Gasteiger partial charge in [-0.15, -0.1) is 12.4 Å². The Morgan fingerprint density at radius 3 is 2.71 bits per heavy atom. The van der Waals surface area contributed by atoms with Crippen LogP contribution in [0.3, 0.4) is 0 Å². The SMILES string of the molecule is CCN1CCc2cc(C(=O)Nc3cc(C)n(Cc4cc(Cl)ccc4OCC(C)C)n3)ccc2C1.Cl. The van der Waals surface area contributed by atoms with Crippen LogP contribution < -0.4 is 10.1 Å². The van der Waals surface area contributed by atoms with E-state index in [0.29, 0.717) is 35.5 Å². The molecule has 6 nitrogen and oxygen atoms in total. The highest BCUT2D eigenvalue weighted by Crippen LogP contribution is 2.26. The zero-order chi connectivity index (χ0) is 24.2. The van der Waals surface area contributed by atoms with Crippen LogP contribution in [0.25, 0.3) is 0 Å². The molecule has 0 atom stereocenters. The molecule has 188 valence electrons. The van der Waals surface area contributed by atoms with Crippen LogP contribution in [0.2, 0.25) is 5.02 Å². The zero-order valence-electron chi connectivity index (χ0n) is 20.8. The van der Waals surface area contributed by atoms with Crippen molar-refractivity contribution in [3.8, 4) is 5.75 Å². The summed E-state index contributed by atoms with van der Waals surface area (Å²) in [5.41, 5.74) is 5.12. The average molecular weight is 518 g/mol. The number of hydrogen-bond acceptors (Lipinski definition) is 4. The van der Waals surface area contributed by atoms with E-state index in [0.717, 1.165) is 43.1 Å². The van der Waals surface area contributed by atoms with E-state index < -0.39 is 0 Å². The molecule has 2 aromatic carbocycles. The molecule has 0 spiro atoms. The number of anilines is 1. The van der Waals surface area contributed by atoms with Gasteiger partial charge in [-0.1, -0.05) is 38.4 Å². The number of carbonyl (C=O) groups excluding carboxylic acids is 1. The van der Waals surface area contributed by atoms with Gasteiger partial charge in [0.05, 0.1) is 13.2 Å². The van der Waals surface area contributed by atoms with Gasteiger partial charge in [0, 0.05) is 41.0 Å². The summed E-state index contributed by atoms with van der Waals surface area (Å²) in [6.45, 7) is 12.5. The van der Waals surface area contributed by atoms with Crippen molar-refractivity contribution in [2.75, 3.05) is 25.0 Å². The maximum Gasteiger partial charge on any atom is 0.256 e. The average Bonchev–Trinajstić information content (AvgIpc) is 3.15. The summed E-state index contributed by atoms with van der Waals surface area (Å²) < 4.78 is 7.84. The van der Waals surface area contributed by atoms with Crippen LogP contribution in [0.5, 0.6) is 5.75 Å². The zero-order valence-corrected chi connectivity index (χ0v) is 22.4. The van der Waals surface area contributed by atoms with Gasteiger partial charge < -0.3 is 10.1 Å². The maximum absolute atomic E-state index is 12.9. The van der Waals surface area contributed by atoms with E-state index in [1.165, 1.54) is 11.1 Å². The molecular weight excluding hydrogens is 483 g/mol. The van der Waals surface area contributed by atoms with Crippen molar-refractivity contribution < 1.29 is 9.53 Å². The molecule has 8 heteroatoms. The van der Waals surface area contributed by atoms with E-state index in [1.54, 1.807) is 0 Å². The summed E-state index contributed by atoms with van der Waals surface area (Å²) in [5, 5.41) is 8.24. The lowest BCUT2D eigenvalue weighted by Gasteiger charge is -2.27. The van der Waals surface area contributed by atoms with Crippen molar-refractivity contribution in [3.63, 3.8) is 0 Å². The number of aromatic nitrogens is 2. The Hall–Kier alpha value is -2.54. The third-order valence-corrected chi connectivity index (χ3v) is 6.38.